The zero-order chi connectivity index (χ0) is 16.5. The van der Waals surface area contributed by atoms with Crippen molar-refractivity contribution in [2.45, 2.75) is 20.4 Å². The molecule has 0 radical (unpaired) electrons. The van der Waals surface area contributed by atoms with Gasteiger partial charge in [-0.25, -0.2) is 0 Å². The van der Waals surface area contributed by atoms with Gasteiger partial charge < -0.3 is 20.4 Å². The van der Waals surface area contributed by atoms with Crippen LogP contribution in [-0.2, 0) is 11.3 Å². The second-order valence-electron chi connectivity index (χ2n) is 5.31. The third-order valence-corrected chi connectivity index (χ3v) is 3.22. The molecule has 0 aliphatic carbocycles. The zero-order valence-electron chi connectivity index (χ0n) is 13.1. The molecule has 1 rings (SSSR count). The highest BCUT2D eigenvalue weighted by atomic mass is 16.3. The first-order valence-corrected chi connectivity index (χ1v) is 7.37. The molecule has 2 amide bonds. The standard InChI is InChI=1S/C16H24N2O4/c1-12(2)15(21)17-11-13-3-5-14(6-4-13)16(22)18(7-9-19)8-10-20/h3-6,12,19-20H,7-11H2,1-2H3,(H,17,21). The van der Waals surface area contributed by atoms with Crippen LogP contribution in [0.2, 0.25) is 0 Å². The first kappa shape index (κ1) is 18.1. The van der Waals surface area contributed by atoms with E-state index in [1.54, 1.807) is 24.3 Å². The minimum atomic E-state index is -0.235. The average molecular weight is 308 g/mol. The summed E-state index contributed by atoms with van der Waals surface area (Å²) in [6.07, 6.45) is 0. The lowest BCUT2D eigenvalue weighted by atomic mass is 10.1. The Kier molecular flexibility index (Phi) is 7.56. The molecule has 0 spiro atoms. The van der Waals surface area contributed by atoms with Gasteiger partial charge in [0.25, 0.3) is 5.91 Å². The molecule has 6 heteroatoms. The summed E-state index contributed by atoms with van der Waals surface area (Å²) in [6.45, 7) is 4.15. The van der Waals surface area contributed by atoms with Gasteiger partial charge in [-0.2, -0.15) is 0 Å². The fraction of sp³-hybridized carbons (Fsp3) is 0.500. The quantitative estimate of drug-likeness (QED) is 0.648. The molecule has 0 bridgehead atoms. The second-order valence-corrected chi connectivity index (χ2v) is 5.31. The maximum absolute atomic E-state index is 12.2. The lowest BCUT2D eigenvalue weighted by molar-refractivity contribution is -0.124. The van der Waals surface area contributed by atoms with E-state index in [1.165, 1.54) is 4.90 Å². The van der Waals surface area contributed by atoms with Crippen LogP contribution in [0.25, 0.3) is 0 Å². The van der Waals surface area contributed by atoms with Crippen LogP contribution in [0, 0.1) is 5.92 Å². The van der Waals surface area contributed by atoms with E-state index in [0.717, 1.165) is 5.56 Å². The molecule has 0 aromatic heterocycles. The number of hydrogen-bond acceptors (Lipinski definition) is 4. The van der Waals surface area contributed by atoms with Gasteiger partial charge in [-0.3, -0.25) is 9.59 Å². The number of amides is 2. The highest BCUT2D eigenvalue weighted by Gasteiger charge is 2.14. The number of aliphatic hydroxyl groups excluding tert-OH is 2. The molecule has 3 N–H and O–H groups in total. The highest BCUT2D eigenvalue weighted by Crippen LogP contribution is 2.08. The van der Waals surface area contributed by atoms with Crippen LogP contribution in [0.1, 0.15) is 29.8 Å². The van der Waals surface area contributed by atoms with Crippen molar-refractivity contribution in [3.63, 3.8) is 0 Å². The summed E-state index contributed by atoms with van der Waals surface area (Å²) in [5.41, 5.74) is 1.39. The van der Waals surface area contributed by atoms with Gasteiger partial charge in [0.1, 0.15) is 0 Å². The van der Waals surface area contributed by atoms with Crippen LogP contribution in [-0.4, -0.2) is 53.2 Å². The predicted octanol–water partition coefficient (Wildman–Crippen LogP) is 0.386. The Morgan fingerprint density at radius 1 is 1.09 bits per heavy atom. The van der Waals surface area contributed by atoms with Crippen LogP contribution in [0.3, 0.4) is 0 Å². The van der Waals surface area contributed by atoms with Gasteiger partial charge in [0.15, 0.2) is 0 Å². The van der Waals surface area contributed by atoms with Gasteiger partial charge in [-0.15, -0.1) is 0 Å². The molecule has 0 aliphatic heterocycles. The van der Waals surface area contributed by atoms with Crippen molar-refractivity contribution in [3.8, 4) is 0 Å². The van der Waals surface area contributed by atoms with E-state index in [1.807, 2.05) is 13.8 Å². The van der Waals surface area contributed by atoms with Gasteiger partial charge in [0.2, 0.25) is 5.91 Å². The molecule has 0 aliphatic rings. The number of carbonyl (C=O) groups excluding carboxylic acids is 2. The largest absolute Gasteiger partial charge is 0.395 e. The van der Waals surface area contributed by atoms with Crippen molar-refractivity contribution in [1.29, 1.82) is 0 Å². The number of aliphatic hydroxyl groups is 2. The van der Waals surface area contributed by atoms with Crippen LogP contribution in [0.15, 0.2) is 24.3 Å². The van der Waals surface area contributed by atoms with Crippen LogP contribution >= 0.6 is 0 Å². The SMILES string of the molecule is CC(C)C(=O)NCc1ccc(C(=O)N(CCO)CCO)cc1. The summed E-state index contributed by atoms with van der Waals surface area (Å²) in [6, 6.07) is 6.93. The molecule has 1 aromatic carbocycles. The van der Waals surface area contributed by atoms with Crippen molar-refractivity contribution in [2.75, 3.05) is 26.3 Å². The van der Waals surface area contributed by atoms with Gasteiger partial charge >= 0.3 is 0 Å². The first-order chi connectivity index (χ1) is 10.5. The Hall–Kier alpha value is -1.92. The van der Waals surface area contributed by atoms with E-state index in [-0.39, 0.29) is 44.0 Å². The average Bonchev–Trinajstić information content (AvgIpc) is 2.52. The summed E-state index contributed by atoms with van der Waals surface area (Å²) in [7, 11) is 0. The minimum Gasteiger partial charge on any atom is -0.395 e. The van der Waals surface area contributed by atoms with E-state index in [4.69, 9.17) is 10.2 Å². The van der Waals surface area contributed by atoms with Gasteiger partial charge in [-0.1, -0.05) is 26.0 Å². The Morgan fingerprint density at radius 3 is 2.09 bits per heavy atom. The molecular formula is C16H24N2O4. The maximum Gasteiger partial charge on any atom is 0.254 e. The molecule has 122 valence electrons. The number of rotatable bonds is 8. The number of nitrogens with zero attached hydrogens (tertiary/aromatic N) is 1. The molecule has 6 nitrogen and oxygen atoms in total. The molecule has 0 unspecified atom stereocenters. The Bertz CT molecular complexity index is 479. The van der Waals surface area contributed by atoms with Gasteiger partial charge in [0.05, 0.1) is 13.2 Å². The van der Waals surface area contributed by atoms with Crippen molar-refractivity contribution < 1.29 is 19.8 Å². The van der Waals surface area contributed by atoms with E-state index >= 15 is 0 Å². The van der Waals surface area contributed by atoms with Crippen LogP contribution in [0.4, 0.5) is 0 Å². The van der Waals surface area contributed by atoms with E-state index < -0.39 is 0 Å². The summed E-state index contributed by atoms with van der Waals surface area (Å²) in [4.78, 5) is 25.1. The fourth-order valence-electron chi connectivity index (χ4n) is 1.90. The second kappa shape index (κ2) is 9.17. The predicted molar refractivity (Wildman–Crippen MR) is 83.2 cm³/mol. The minimum absolute atomic E-state index is 0.0165. The van der Waals surface area contributed by atoms with E-state index in [0.29, 0.717) is 12.1 Å². The van der Waals surface area contributed by atoms with Crippen molar-refractivity contribution >= 4 is 11.8 Å². The van der Waals surface area contributed by atoms with Crippen molar-refractivity contribution in [3.05, 3.63) is 35.4 Å². The normalized spacial score (nSPS) is 10.6. The Labute approximate surface area is 130 Å². The fourth-order valence-corrected chi connectivity index (χ4v) is 1.90. The zero-order valence-corrected chi connectivity index (χ0v) is 13.1. The molecular weight excluding hydrogens is 284 g/mol. The molecule has 0 saturated carbocycles. The number of nitrogens with one attached hydrogen (secondary N) is 1. The van der Waals surface area contributed by atoms with Gasteiger partial charge in [0, 0.05) is 31.1 Å². The number of carbonyl (C=O) groups is 2. The topological polar surface area (TPSA) is 89.9 Å². The summed E-state index contributed by atoms with van der Waals surface area (Å²) >= 11 is 0. The van der Waals surface area contributed by atoms with Crippen molar-refractivity contribution in [2.24, 2.45) is 5.92 Å². The summed E-state index contributed by atoms with van der Waals surface area (Å²) in [5.74, 6) is -0.315. The lowest BCUT2D eigenvalue weighted by Crippen LogP contribution is -2.35. The maximum atomic E-state index is 12.2. The number of benzene rings is 1. The summed E-state index contributed by atoms with van der Waals surface area (Å²) < 4.78 is 0. The lowest BCUT2D eigenvalue weighted by Gasteiger charge is -2.20. The number of hydrogen-bond donors (Lipinski definition) is 3. The first-order valence-electron chi connectivity index (χ1n) is 7.37. The summed E-state index contributed by atoms with van der Waals surface area (Å²) in [5, 5.41) is 20.7. The molecule has 0 fully saturated rings. The van der Waals surface area contributed by atoms with E-state index in [9.17, 15) is 9.59 Å². The molecule has 0 saturated heterocycles. The Balaban J connectivity index is 2.66. The molecule has 0 heterocycles. The monoisotopic (exact) mass is 308 g/mol. The molecule has 1 aromatic rings. The third-order valence-electron chi connectivity index (χ3n) is 3.22. The highest BCUT2D eigenvalue weighted by molar-refractivity contribution is 5.94. The van der Waals surface area contributed by atoms with Crippen LogP contribution in [0.5, 0.6) is 0 Å². The third kappa shape index (κ3) is 5.46. The Morgan fingerprint density at radius 2 is 1.64 bits per heavy atom. The van der Waals surface area contributed by atoms with Crippen LogP contribution < -0.4 is 5.32 Å². The van der Waals surface area contributed by atoms with E-state index in [2.05, 4.69) is 5.32 Å². The smallest absolute Gasteiger partial charge is 0.254 e. The molecule has 0 atom stereocenters. The van der Waals surface area contributed by atoms with Gasteiger partial charge in [-0.05, 0) is 17.7 Å². The van der Waals surface area contributed by atoms with Crippen molar-refractivity contribution in [1.82, 2.24) is 10.2 Å². The molecule has 22 heavy (non-hydrogen) atoms.